The average Bonchev–Trinajstić information content (AvgIpc) is 2.96. The van der Waals surface area contributed by atoms with Gasteiger partial charge in [-0.1, -0.05) is 0 Å². The van der Waals surface area contributed by atoms with Crippen LogP contribution >= 0.6 is 0 Å². The Kier molecular flexibility index (Phi) is 12.7. The van der Waals surface area contributed by atoms with Crippen LogP contribution in [0.1, 0.15) is 6.92 Å². The molecular formula is C22H36N2O18. The molecule has 42 heavy (non-hydrogen) atoms. The minimum absolute atomic E-state index is 0.0316. The predicted octanol–water partition coefficient (Wildman–Crippen LogP) is -7.17. The van der Waals surface area contributed by atoms with Gasteiger partial charge in [-0.15, -0.1) is 0 Å². The number of hydrogen-bond donors (Lipinski definition) is 9. The molecule has 3 fully saturated rings. The minimum atomic E-state index is -1.95. The van der Waals surface area contributed by atoms with E-state index in [1.807, 2.05) is 0 Å². The van der Waals surface area contributed by atoms with E-state index in [-0.39, 0.29) is 26.1 Å². The van der Waals surface area contributed by atoms with Crippen LogP contribution in [0.4, 0.5) is 0 Å². The lowest BCUT2D eigenvalue weighted by Gasteiger charge is -2.48. The molecule has 0 aromatic heterocycles. The van der Waals surface area contributed by atoms with E-state index in [1.165, 1.54) is 0 Å². The number of ether oxygens (including phenoxy) is 8. The Morgan fingerprint density at radius 2 is 1.33 bits per heavy atom. The van der Waals surface area contributed by atoms with Crippen molar-refractivity contribution in [1.82, 2.24) is 5.32 Å². The lowest BCUT2D eigenvalue weighted by molar-refractivity contribution is -0.389. The Labute approximate surface area is 237 Å². The smallest absolute Gasteiger partial charge is 0.295 e. The zero-order chi connectivity index (χ0) is 31.1. The number of aliphatic hydroxyl groups is 7. The Morgan fingerprint density at radius 3 is 1.93 bits per heavy atom. The maximum Gasteiger partial charge on any atom is 0.295 e. The lowest BCUT2D eigenvalue weighted by atomic mass is 9.95. The van der Waals surface area contributed by atoms with Gasteiger partial charge in [0.05, 0.1) is 13.2 Å². The van der Waals surface area contributed by atoms with Gasteiger partial charge in [0.1, 0.15) is 54.9 Å². The Hall–Kier alpha value is -2.15. The van der Waals surface area contributed by atoms with Crippen LogP contribution < -0.4 is 11.1 Å². The van der Waals surface area contributed by atoms with E-state index in [0.717, 1.165) is 6.92 Å². The van der Waals surface area contributed by atoms with Crippen molar-refractivity contribution >= 4 is 18.9 Å². The van der Waals surface area contributed by atoms with Gasteiger partial charge in [0, 0.05) is 13.5 Å². The summed E-state index contributed by atoms with van der Waals surface area (Å²) in [6.07, 6.45) is -24.6. The summed E-state index contributed by atoms with van der Waals surface area (Å²) in [7, 11) is 0. The van der Waals surface area contributed by atoms with Crippen molar-refractivity contribution in [2.75, 3.05) is 19.8 Å². The topological polar surface area (TPSA) is 305 Å². The Balaban J connectivity index is 1.83. The molecule has 0 bridgehead atoms. The minimum Gasteiger partial charge on any atom is -0.435 e. The van der Waals surface area contributed by atoms with Gasteiger partial charge < -0.3 is 84.7 Å². The fraction of sp³-hybridized carbons (Fsp3) is 0.864. The maximum atomic E-state index is 12.0. The second kappa shape index (κ2) is 15.5. The van der Waals surface area contributed by atoms with Gasteiger partial charge in [0.2, 0.25) is 18.5 Å². The molecule has 3 aliphatic rings. The third kappa shape index (κ3) is 7.67. The average molecular weight is 617 g/mol. The molecule has 15 atom stereocenters. The first-order chi connectivity index (χ1) is 20.0. The Bertz CT molecular complexity index is 886. The number of nitrogens with two attached hydrogens (primary N) is 1. The summed E-state index contributed by atoms with van der Waals surface area (Å²) in [6.45, 7) is 0.0152. The molecule has 0 aromatic rings. The van der Waals surface area contributed by atoms with Crippen molar-refractivity contribution in [2.24, 2.45) is 5.73 Å². The number of rotatable bonds is 13. The summed E-state index contributed by atoms with van der Waals surface area (Å²) in [5.41, 5.74) is 5.37. The predicted molar refractivity (Wildman–Crippen MR) is 126 cm³/mol. The van der Waals surface area contributed by atoms with E-state index in [2.05, 4.69) is 10.1 Å². The number of hydrogen-bond acceptors (Lipinski definition) is 19. The van der Waals surface area contributed by atoms with Gasteiger partial charge in [-0.05, 0) is 0 Å². The van der Waals surface area contributed by atoms with Gasteiger partial charge in [0.25, 0.3) is 12.9 Å². The molecule has 0 saturated carbocycles. The monoisotopic (exact) mass is 616 g/mol. The summed E-state index contributed by atoms with van der Waals surface area (Å²) < 4.78 is 42.1. The van der Waals surface area contributed by atoms with Gasteiger partial charge in [-0.25, -0.2) is 0 Å². The summed E-state index contributed by atoms with van der Waals surface area (Å²) >= 11 is 0. The van der Waals surface area contributed by atoms with Crippen LogP contribution in [0.2, 0.25) is 0 Å². The van der Waals surface area contributed by atoms with E-state index in [4.69, 9.17) is 38.9 Å². The van der Waals surface area contributed by atoms with Crippen LogP contribution in [-0.2, 0) is 52.3 Å². The van der Waals surface area contributed by atoms with E-state index < -0.39 is 105 Å². The van der Waals surface area contributed by atoms with Gasteiger partial charge in [-0.3, -0.25) is 14.4 Å². The fourth-order valence-electron chi connectivity index (χ4n) is 4.58. The highest BCUT2D eigenvalue weighted by molar-refractivity contribution is 5.73. The second-order valence-electron chi connectivity index (χ2n) is 9.47. The van der Waals surface area contributed by atoms with E-state index in [1.54, 1.807) is 0 Å². The molecule has 1 amide bonds. The van der Waals surface area contributed by atoms with Crippen molar-refractivity contribution in [3.8, 4) is 0 Å². The number of amides is 1. The van der Waals surface area contributed by atoms with Crippen LogP contribution in [0, 0.1) is 0 Å². The van der Waals surface area contributed by atoms with Crippen molar-refractivity contribution in [1.29, 1.82) is 0 Å². The normalized spacial score (nSPS) is 44.2. The molecule has 3 aliphatic heterocycles. The van der Waals surface area contributed by atoms with E-state index >= 15 is 0 Å². The first kappa shape index (κ1) is 34.3. The highest BCUT2D eigenvalue weighted by Gasteiger charge is 2.54. The van der Waals surface area contributed by atoms with Crippen LogP contribution in [0.5, 0.6) is 0 Å². The quantitative estimate of drug-likeness (QED) is 0.0868. The number of aliphatic hydroxyl groups excluding tert-OH is 7. The van der Waals surface area contributed by atoms with E-state index in [0.29, 0.717) is 0 Å². The summed E-state index contributed by atoms with van der Waals surface area (Å²) in [4.78, 5) is 33.9. The lowest BCUT2D eigenvalue weighted by Crippen LogP contribution is -2.69. The van der Waals surface area contributed by atoms with Gasteiger partial charge in [-0.2, -0.15) is 0 Å². The third-order valence-electron chi connectivity index (χ3n) is 6.61. The molecule has 20 nitrogen and oxygen atoms in total. The molecule has 0 radical (unpaired) electrons. The highest BCUT2D eigenvalue weighted by Crippen LogP contribution is 2.33. The van der Waals surface area contributed by atoms with Crippen molar-refractivity contribution in [2.45, 2.75) is 99.4 Å². The zero-order valence-electron chi connectivity index (χ0n) is 22.1. The molecular weight excluding hydrogens is 580 g/mol. The largest absolute Gasteiger partial charge is 0.435 e. The molecule has 10 N–H and O–H groups in total. The molecule has 6 unspecified atom stereocenters. The summed E-state index contributed by atoms with van der Waals surface area (Å²) in [5, 5.41) is 75.2. The number of nitrogens with one attached hydrogen (secondary N) is 1. The number of carbonyl (C=O) groups excluding carboxylic acids is 3. The van der Waals surface area contributed by atoms with E-state index in [9.17, 15) is 50.1 Å². The first-order valence-corrected chi connectivity index (χ1v) is 12.7. The fourth-order valence-corrected chi connectivity index (χ4v) is 4.58. The zero-order valence-corrected chi connectivity index (χ0v) is 22.1. The molecule has 3 heterocycles. The van der Waals surface area contributed by atoms with Gasteiger partial charge in [0.15, 0.2) is 25.0 Å². The van der Waals surface area contributed by atoms with Gasteiger partial charge >= 0.3 is 0 Å². The Morgan fingerprint density at radius 1 is 0.762 bits per heavy atom. The number of carbonyl (C=O) groups is 3. The van der Waals surface area contributed by atoms with Crippen LogP contribution in [0.3, 0.4) is 0 Å². The SMILES string of the molecule is CC(=O)NC1[C@@H](O[C@@H]2C(OC=O)O[C@@H](OCCN)C(O)[C@H]2O)OC(CO)[C@@H](O[C@@H]2OC(OC=O)[C@@H](O)[C@H](O)C2O)[C@@H]1O. The standard InChI is InChI=1S/C22H36N2O18/c1-7(28)24-9-10(29)16(39-21-14(33)11(30)13(32)20(41-21)36-5-26)8(4-25)38-18(9)40-17-12(31)15(34)19(35-3-2-23)42-22(17)37-6-27/h5-6,8-22,25,29-34H,2-4,23H2,1H3,(H,24,28)/t8?,9?,10-,11+,12-,13+,14?,15?,16-,17+,18-,19-,20?,21-,22?/m1/s1. The molecule has 0 aromatic carbocycles. The maximum absolute atomic E-state index is 12.0. The second-order valence-corrected chi connectivity index (χ2v) is 9.47. The first-order valence-electron chi connectivity index (χ1n) is 12.7. The van der Waals surface area contributed by atoms with Crippen LogP contribution in [-0.4, -0.2) is 167 Å². The molecule has 242 valence electrons. The third-order valence-corrected chi connectivity index (χ3v) is 6.61. The molecule has 3 rings (SSSR count). The summed E-state index contributed by atoms with van der Waals surface area (Å²) in [5.74, 6) is -0.721. The molecule has 0 spiro atoms. The van der Waals surface area contributed by atoms with Crippen LogP contribution in [0.25, 0.3) is 0 Å². The highest BCUT2D eigenvalue weighted by atomic mass is 16.8. The van der Waals surface area contributed by atoms with Crippen molar-refractivity contribution in [3.05, 3.63) is 0 Å². The molecule has 0 aliphatic carbocycles. The molecule has 20 heteroatoms. The summed E-state index contributed by atoms with van der Waals surface area (Å²) in [6, 6.07) is -1.55. The van der Waals surface area contributed by atoms with Crippen LogP contribution in [0.15, 0.2) is 0 Å². The van der Waals surface area contributed by atoms with Crippen molar-refractivity contribution < 1.29 is 88.0 Å². The molecule has 3 saturated heterocycles. The van der Waals surface area contributed by atoms with Crippen molar-refractivity contribution in [3.63, 3.8) is 0 Å².